The van der Waals surface area contributed by atoms with Gasteiger partial charge in [-0.05, 0) is 56.8 Å². The lowest BCUT2D eigenvalue weighted by Gasteiger charge is -2.33. The second-order valence-corrected chi connectivity index (χ2v) is 6.23. The van der Waals surface area contributed by atoms with Gasteiger partial charge in [0.1, 0.15) is 0 Å². The first-order valence-corrected chi connectivity index (χ1v) is 8.31. The molecular weight excluding hydrogens is 268 g/mol. The highest BCUT2D eigenvalue weighted by atomic mass is 35.5. The molecule has 112 valence electrons. The summed E-state index contributed by atoms with van der Waals surface area (Å²) in [5, 5.41) is 4.31. The molecule has 0 bridgehead atoms. The second kappa shape index (κ2) is 7.33. The van der Waals surface area contributed by atoms with Gasteiger partial charge >= 0.3 is 0 Å². The molecule has 1 saturated carbocycles. The molecule has 0 aliphatic heterocycles. The van der Waals surface area contributed by atoms with E-state index in [0.29, 0.717) is 6.04 Å². The predicted molar refractivity (Wildman–Crippen MR) is 88.8 cm³/mol. The predicted octanol–water partition coefficient (Wildman–Crippen LogP) is 4.64. The Hall–Kier alpha value is -0.730. The van der Waals surface area contributed by atoms with Crippen molar-refractivity contribution in [3.63, 3.8) is 0 Å². The standard InChI is InChI=1S/C17H27ClN2/c1-4-19-13(3)15-9-10-17(16(18)11-15)20(5-2)12-14-7-6-8-14/h9-11,13-14,19H,4-8,12H2,1-3H3. The lowest BCUT2D eigenvalue weighted by atomic mass is 9.85. The number of rotatable bonds is 7. The number of nitrogens with zero attached hydrogens (tertiary/aromatic N) is 1. The van der Waals surface area contributed by atoms with Crippen molar-refractivity contribution in [3.05, 3.63) is 28.8 Å². The summed E-state index contributed by atoms with van der Waals surface area (Å²) in [5.41, 5.74) is 2.45. The molecule has 1 atom stereocenters. The van der Waals surface area contributed by atoms with E-state index in [1.54, 1.807) is 0 Å². The van der Waals surface area contributed by atoms with Gasteiger partial charge in [0.2, 0.25) is 0 Å². The van der Waals surface area contributed by atoms with Gasteiger partial charge in [-0.1, -0.05) is 31.0 Å². The molecule has 1 N–H and O–H groups in total. The first kappa shape index (κ1) is 15.7. The first-order chi connectivity index (χ1) is 9.65. The molecular formula is C17H27ClN2. The third kappa shape index (κ3) is 3.67. The van der Waals surface area contributed by atoms with Crippen LogP contribution in [0.1, 0.15) is 51.6 Å². The van der Waals surface area contributed by atoms with Gasteiger partial charge in [0.15, 0.2) is 0 Å². The highest BCUT2D eigenvalue weighted by Crippen LogP contribution is 2.33. The van der Waals surface area contributed by atoms with Crippen LogP contribution in [-0.2, 0) is 0 Å². The fourth-order valence-electron chi connectivity index (χ4n) is 2.86. The van der Waals surface area contributed by atoms with Crippen LogP contribution < -0.4 is 10.2 Å². The van der Waals surface area contributed by atoms with Gasteiger partial charge in [0.05, 0.1) is 10.7 Å². The molecule has 1 fully saturated rings. The number of halogens is 1. The van der Waals surface area contributed by atoms with E-state index in [4.69, 9.17) is 11.6 Å². The largest absolute Gasteiger partial charge is 0.370 e. The van der Waals surface area contributed by atoms with E-state index < -0.39 is 0 Å². The minimum atomic E-state index is 0.355. The van der Waals surface area contributed by atoms with Crippen LogP contribution in [-0.4, -0.2) is 19.6 Å². The quantitative estimate of drug-likeness (QED) is 0.788. The Kier molecular flexibility index (Phi) is 5.74. The fraction of sp³-hybridized carbons (Fsp3) is 0.647. The van der Waals surface area contributed by atoms with Gasteiger partial charge in [-0.15, -0.1) is 0 Å². The van der Waals surface area contributed by atoms with Gasteiger partial charge in [-0.25, -0.2) is 0 Å². The van der Waals surface area contributed by atoms with E-state index in [1.165, 1.54) is 30.5 Å². The fourth-order valence-corrected chi connectivity index (χ4v) is 3.17. The van der Waals surface area contributed by atoms with Crippen LogP contribution in [0, 0.1) is 5.92 Å². The average Bonchev–Trinajstić information content (AvgIpc) is 2.39. The van der Waals surface area contributed by atoms with Crippen LogP contribution in [0.3, 0.4) is 0 Å². The van der Waals surface area contributed by atoms with Gasteiger partial charge in [0.25, 0.3) is 0 Å². The smallest absolute Gasteiger partial charge is 0.0642 e. The number of nitrogens with one attached hydrogen (secondary N) is 1. The molecule has 3 heteroatoms. The van der Waals surface area contributed by atoms with E-state index in [9.17, 15) is 0 Å². The second-order valence-electron chi connectivity index (χ2n) is 5.83. The van der Waals surface area contributed by atoms with E-state index in [1.807, 2.05) is 0 Å². The third-order valence-electron chi connectivity index (χ3n) is 4.41. The highest BCUT2D eigenvalue weighted by molar-refractivity contribution is 6.33. The molecule has 0 saturated heterocycles. The first-order valence-electron chi connectivity index (χ1n) is 7.93. The molecule has 2 rings (SSSR count). The molecule has 1 aliphatic rings. The molecule has 1 aliphatic carbocycles. The van der Waals surface area contributed by atoms with E-state index in [0.717, 1.165) is 30.6 Å². The van der Waals surface area contributed by atoms with Crippen LogP contribution in [0.5, 0.6) is 0 Å². The topological polar surface area (TPSA) is 15.3 Å². The summed E-state index contributed by atoms with van der Waals surface area (Å²) in [6.45, 7) is 9.68. The van der Waals surface area contributed by atoms with Crippen molar-refractivity contribution < 1.29 is 0 Å². The summed E-state index contributed by atoms with van der Waals surface area (Å²) in [7, 11) is 0. The van der Waals surface area contributed by atoms with Gasteiger partial charge in [-0.3, -0.25) is 0 Å². The molecule has 1 aromatic rings. The van der Waals surface area contributed by atoms with E-state index in [-0.39, 0.29) is 0 Å². The number of benzene rings is 1. The number of anilines is 1. The molecule has 20 heavy (non-hydrogen) atoms. The maximum atomic E-state index is 6.52. The normalized spacial score (nSPS) is 16.8. The number of hydrogen-bond donors (Lipinski definition) is 1. The van der Waals surface area contributed by atoms with Crippen LogP contribution in [0.2, 0.25) is 5.02 Å². The Morgan fingerprint density at radius 3 is 2.60 bits per heavy atom. The Balaban J connectivity index is 2.10. The molecule has 0 spiro atoms. The zero-order valence-electron chi connectivity index (χ0n) is 13.0. The van der Waals surface area contributed by atoms with Crippen molar-refractivity contribution in [2.75, 3.05) is 24.5 Å². The Morgan fingerprint density at radius 2 is 2.10 bits per heavy atom. The summed E-state index contributed by atoms with van der Waals surface area (Å²) in [6.07, 6.45) is 4.16. The summed E-state index contributed by atoms with van der Waals surface area (Å²) in [6, 6.07) is 6.87. The maximum absolute atomic E-state index is 6.52. The molecule has 0 heterocycles. The maximum Gasteiger partial charge on any atom is 0.0642 e. The SMILES string of the molecule is CCNC(C)c1ccc(N(CC)CC2CCC2)c(Cl)c1. The van der Waals surface area contributed by atoms with Crippen LogP contribution >= 0.6 is 11.6 Å². The zero-order chi connectivity index (χ0) is 14.5. The Morgan fingerprint density at radius 1 is 1.35 bits per heavy atom. The number of hydrogen-bond acceptors (Lipinski definition) is 2. The van der Waals surface area contributed by atoms with Crippen LogP contribution in [0.4, 0.5) is 5.69 Å². The summed E-state index contributed by atoms with van der Waals surface area (Å²) >= 11 is 6.52. The Bertz CT molecular complexity index is 429. The van der Waals surface area contributed by atoms with Crippen molar-refractivity contribution in [1.29, 1.82) is 0 Å². The summed E-state index contributed by atoms with van der Waals surface area (Å²) < 4.78 is 0. The van der Waals surface area contributed by atoms with Crippen molar-refractivity contribution in [3.8, 4) is 0 Å². The lowest BCUT2D eigenvalue weighted by molar-refractivity contribution is 0.318. The van der Waals surface area contributed by atoms with Crippen LogP contribution in [0.15, 0.2) is 18.2 Å². The van der Waals surface area contributed by atoms with Crippen molar-refractivity contribution >= 4 is 17.3 Å². The van der Waals surface area contributed by atoms with E-state index in [2.05, 4.69) is 49.2 Å². The molecule has 1 aromatic carbocycles. The summed E-state index contributed by atoms with van der Waals surface area (Å²) in [5.74, 6) is 0.867. The molecule has 1 unspecified atom stereocenters. The summed E-state index contributed by atoms with van der Waals surface area (Å²) in [4.78, 5) is 2.42. The van der Waals surface area contributed by atoms with Gasteiger partial charge < -0.3 is 10.2 Å². The van der Waals surface area contributed by atoms with Gasteiger partial charge in [-0.2, -0.15) is 0 Å². The molecule has 2 nitrogen and oxygen atoms in total. The van der Waals surface area contributed by atoms with Gasteiger partial charge in [0, 0.05) is 19.1 Å². The highest BCUT2D eigenvalue weighted by Gasteiger charge is 2.21. The Labute approximate surface area is 128 Å². The van der Waals surface area contributed by atoms with Crippen molar-refractivity contribution in [2.45, 2.75) is 46.1 Å². The minimum Gasteiger partial charge on any atom is -0.370 e. The monoisotopic (exact) mass is 294 g/mol. The lowest BCUT2D eigenvalue weighted by Crippen LogP contribution is -2.32. The minimum absolute atomic E-state index is 0.355. The van der Waals surface area contributed by atoms with Crippen molar-refractivity contribution in [2.24, 2.45) is 5.92 Å². The molecule has 0 amide bonds. The average molecular weight is 295 g/mol. The zero-order valence-corrected chi connectivity index (χ0v) is 13.7. The third-order valence-corrected chi connectivity index (χ3v) is 4.71. The molecule has 0 aromatic heterocycles. The molecule has 0 radical (unpaired) electrons. The van der Waals surface area contributed by atoms with E-state index >= 15 is 0 Å². The van der Waals surface area contributed by atoms with Crippen molar-refractivity contribution in [1.82, 2.24) is 5.32 Å². The van der Waals surface area contributed by atoms with Crippen LogP contribution in [0.25, 0.3) is 0 Å².